The molecule has 0 amide bonds. The molecule has 4 aromatic rings. The number of benzene rings is 4. The fraction of sp³-hybridized carbons (Fsp3) is 0.111. The number of hydrogen-bond acceptors (Lipinski definition) is 2. The lowest BCUT2D eigenvalue weighted by atomic mass is 9.84. The van der Waals surface area contributed by atoms with E-state index >= 15 is 0 Å². The van der Waals surface area contributed by atoms with Gasteiger partial charge in [0, 0.05) is 5.92 Å². The van der Waals surface area contributed by atoms with Crippen molar-refractivity contribution in [1.29, 1.82) is 0 Å². The minimum absolute atomic E-state index is 0.276. The Morgan fingerprint density at radius 2 is 1.48 bits per heavy atom. The van der Waals surface area contributed by atoms with Gasteiger partial charge in [-0.2, -0.15) is 10.2 Å². The fourth-order valence-electron chi connectivity index (χ4n) is 4.37. The topological polar surface area (TPSA) is 24.7 Å². The van der Waals surface area contributed by atoms with Gasteiger partial charge in [-0.25, -0.2) is 0 Å². The molecule has 4 aromatic carbocycles. The molecule has 0 fully saturated rings. The molecule has 1 aliphatic carbocycles. The highest BCUT2D eigenvalue weighted by molar-refractivity contribution is 5.88. The van der Waals surface area contributed by atoms with Crippen LogP contribution in [0, 0.1) is 0 Å². The van der Waals surface area contributed by atoms with Crippen molar-refractivity contribution < 1.29 is 0 Å². The minimum Gasteiger partial charge on any atom is -0.184 e. The van der Waals surface area contributed by atoms with Crippen LogP contribution in [-0.2, 0) is 6.54 Å². The molecule has 0 saturated carbocycles. The highest BCUT2D eigenvalue weighted by Crippen LogP contribution is 2.43. The second-order valence-electron chi connectivity index (χ2n) is 7.54. The van der Waals surface area contributed by atoms with E-state index in [2.05, 4.69) is 83.9 Å². The van der Waals surface area contributed by atoms with Gasteiger partial charge in [0.05, 0.1) is 12.2 Å². The quantitative estimate of drug-likeness (QED) is 0.327. The van der Waals surface area contributed by atoms with Crippen molar-refractivity contribution in [3.05, 3.63) is 119 Å². The predicted octanol–water partition coefficient (Wildman–Crippen LogP) is 7.67. The average Bonchev–Trinajstić information content (AvgIpc) is 3.10. The van der Waals surface area contributed by atoms with Crippen LogP contribution in [0.4, 0.5) is 5.69 Å². The van der Waals surface area contributed by atoms with Crippen molar-refractivity contribution >= 4 is 22.5 Å². The lowest BCUT2D eigenvalue weighted by Gasteiger charge is -2.20. The summed E-state index contributed by atoms with van der Waals surface area (Å²) in [6.45, 7) is 2.80. The smallest absolute Gasteiger partial charge is 0.0862 e. The van der Waals surface area contributed by atoms with Crippen molar-refractivity contribution in [2.45, 2.75) is 19.4 Å². The van der Waals surface area contributed by atoms with E-state index in [4.69, 9.17) is 0 Å². The first-order chi connectivity index (χ1) is 14.3. The molecule has 0 aromatic heterocycles. The SMILES string of the molecule is CC1=Cc2ccccc2C1c1ccc2ccccc2c1CN=Nc1ccccc1. The summed E-state index contributed by atoms with van der Waals surface area (Å²) in [6, 6.07) is 31.7. The Bertz CT molecular complexity index is 1240. The Balaban J connectivity index is 1.62. The summed E-state index contributed by atoms with van der Waals surface area (Å²) in [6.07, 6.45) is 2.31. The van der Waals surface area contributed by atoms with Gasteiger partial charge in [0.2, 0.25) is 0 Å². The summed E-state index contributed by atoms with van der Waals surface area (Å²) in [4.78, 5) is 0. The summed E-state index contributed by atoms with van der Waals surface area (Å²) in [7, 11) is 0. The number of rotatable bonds is 4. The van der Waals surface area contributed by atoms with Crippen LogP contribution in [0.1, 0.15) is 35.1 Å². The summed E-state index contributed by atoms with van der Waals surface area (Å²) in [5.41, 5.74) is 7.55. The first kappa shape index (κ1) is 17.6. The van der Waals surface area contributed by atoms with Crippen LogP contribution in [-0.4, -0.2) is 0 Å². The molecule has 0 saturated heterocycles. The second-order valence-corrected chi connectivity index (χ2v) is 7.54. The zero-order valence-electron chi connectivity index (χ0n) is 16.4. The number of azo groups is 1. The molecule has 0 bridgehead atoms. The van der Waals surface area contributed by atoms with Crippen LogP contribution in [0.3, 0.4) is 0 Å². The third kappa shape index (κ3) is 3.27. The normalized spacial score (nSPS) is 15.6. The first-order valence-electron chi connectivity index (χ1n) is 10.0. The zero-order chi connectivity index (χ0) is 19.6. The summed E-state index contributed by atoms with van der Waals surface area (Å²) in [5, 5.41) is 11.5. The number of nitrogens with zero attached hydrogens (tertiary/aromatic N) is 2. The molecule has 0 aliphatic heterocycles. The van der Waals surface area contributed by atoms with E-state index in [1.807, 2.05) is 30.3 Å². The van der Waals surface area contributed by atoms with Crippen molar-refractivity contribution in [3.63, 3.8) is 0 Å². The maximum absolute atomic E-state index is 4.58. The van der Waals surface area contributed by atoms with E-state index in [9.17, 15) is 0 Å². The van der Waals surface area contributed by atoms with E-state index < -0.39 is 0 Å². The maximum Gasteiger partial charge on any atom is 0.0862 e. The Morgan fingerprint density at radius 3 is 2.38 bits per heavy atom. The van der Waals surface area contributed by atoms with Crippen LogP contribution in [0.2, 0.25) is 0 Å². The van der Waals surface area contributed by atoms with Crippen LogP contribution >= 0.6 is 0 Å². The molecular formula is C27H22N2. The molecule has 2 nitrogen and oxygen atoms in total. The molecule has 29 heavy (non-hydrogen) atoms. The number of fused-ring (bicyclic) bond motifs is 2. The number of allylic oxidation sites excluding steroid dienone is 1. The molecule has 0 heterocycles. The monoisotopic (exact) mass is 374 g/mol. The standard InChI is InChI=1S/C27H22N2/c1-19-17-21-10-6-8-14-24(21)27(19)25-16-15-20-9-5-7-13-23(20)26(25)18-28-29-22-11-3-2-4-12-22/h2-17,27H,18H2,1H3. The van der Waals surface area contributed by atoms with Crippen LogP contribution in [0.15, 0.2) is 107 Å². The minimum atomic E-state index is 0.276. The second kappa shape index (κ2) is 7.48. The van der Waals surface area contributed by atoms with Gasteiger partial charge in [0.15, 0.2) is 0 Å². The molecule has 0 N–H and O–H groups in total. The largest absolute Gasteiger partial charge is 0.184 e. The Labute approximate surface area is 171 Å². The average molecular weight is 374 g/mol. The van der Waals surface area contributed by atoms with Gasteiger partial charge in [0.1, 0.15) is 0 Å². The molecular weight excluding hydrogens is 352 g/mol. The van der Waals surface area contributed by atoms with Crippen LogP contribution in [0.5, 0.6) is 0 Å². The highest BCUT2D eigenvalue weighted by Gasteiger charge is 2.26. The van der Waals surface area contributed by atoms with Crippen molar-refractivity contribution in [3.8, 4) is 0 Å². The third-order valence-corrected chi connectivity index (χ3v) is 5.70. The van der Waals surface area contributed by atoms with Crippen LogP contribution < -0.4 is 0 Å². The Hall–Kier alpha value is -3.52. The molecule has 2 heteroatoms. The summed E-state index contributed by atoms with van der Waals surface area (Å²) in [5.74, 6) is 0.276. The van der Waals surface area contributed by atoms with Gasteiger partial charge in [-0.15, -0.1) is 0 Å². The van der Waals surface area contributed by atoms with Gasteiger partial charge in [-0.05, 0) is 52.1 Å². The first-order valence-corrected chi connectivity index (χ1v) is 10.0. The lowest BCUT2D eigenvalue weighted by molar-refractivity contribution is 0.904. The molecule has 140 valence electrons. The molecule has 5 rings (SSSR count). The van der Waals surface area contributed by atoms with Gasteiger partial charge in [0.25, 0.3) is 0 Å². The predicted molar refractivity (Wildman–Crippen MR) is 121 cm³/mol. The lowest BCUT2D eigenvalue weighted by Crippen LogP contribution is -2.04. The van der Waals surface area contributed by atoms with Gasteiger partial charge < -0.3 is 0 Å². The highest BCUT2D eigenvalue weighted by atomic mass is 15.1. The van der Waals surface area contributed by atoms with Gasteiger partial charge in [-0.1, -0.05) is 90.5 Å². The van der Waals surface area contributed by atoms with Gasteiger partial charge >= 0.3 is 0 Å². The summed E-state index contributed by atoms with van der Waals surface area (Å²) >= 11 is 0. The van der Waals surface area contributed by atoms with E-state index in [-0.39, 0.29) is 5.92 Å². The van der Waals surface area contributed by atoms with E-state index in [0.29, 0.717) is 6.54 Å². The molecule has 1 unspecified atom stereocenters. The molecule has 0 radical (unpaired) electrons. The van der Waals surface area contributed by atoms with Crippen molar-refractivity contribution in [2.24, 2.45) is 10.2 Å². The summed E-state index contributed by atoms with van der Waals surface area (Å²) < 4.78 is 0. The maximum atomic E-state index is 4.58. The van der Waals surface area contributed by atoms with Crippen molar-refractivity contribution in [2.75, 3.05) is 0 Å². The van der Waals surface area contributed by atoms with E-state index in [0.717, 1.165) is 5.69 Å². The number of hydrogen-bond donors (Lipinski definition) is 0. The van der Waals surface area contributed by atoms with E-state index in [1.54, 1.807) is 0 Å². The Kier molecular flexibility index (Phi) is 4.53. The molecule has 1 atom stereocenters. The fourth-order valence-corrected chi connectivity index (χ4v) is 4.37. The van der Waals surface area contributed by atoms with Crippen molar-refractivity contribution in [1.82, 2.24) is 0 Å². The van der Waals surface area contributed by atoms with E-state index in [1.165, 1.54) is 38.6 Å². The van der Waals surface area contributed by atoms with Crippen LogP contribution in [0.25, 0.3) is 16.8 Å². The molecule has 1 aliphatic rings. The third-order valence-electron chi connectivity index (χ3n) is 5.70. The zero-order valence-corrected chi connectivity index (χ0v) is 16.4. The van der Waals surface area contributed by atoms with Gasteiger partial charge in [-0.3, -0.25) is 0 Å². The molecule has 0 spiro atoms. The Morgan fingerprint density at radius 1 is 0.724 bits per heavy atom.